The molecule has 8 heteroatoms. The number of carbonyl (C=O) groups is 2. The first-order chi connectivity index (χ1) is 17.0. The number of thioether (sulfide) groups is 1. The van der Waals surface area contributed by atoms with Crippen LogP contribution in [0.3, 0.4) is 0 Å². The molecule has 0 bridgehead atoms. The van der Waals surface area contributed by atoms with Crippen molar-refractivity contribution in [1.82, 2.24) is 5.01 Å². The van der Waals surface area contributed by atoms with Crippen molar-refractivity contribution in [3.63, 3.8) is 0 Å². The van der Waals surface area contributed by atoms with E-state index in [4.69, 9.17) is 5.10 Å². The van der Waals surface area contributed by atoms with Crippen molar-refractivity contribution >= 4 is 40.1 Å². The second-order valence-corrected chi connectivity index (χ2v) is 9.66. The number of para-hydroxylation sites is 1. The van der Waals surface area contributed by atoms with E-state index in [0.29, 0.717) is 17.3 Å². The minimum atomic E-state index is -0.638. The van der Waals surface area contributed by atoms with Crippen LogP contribution in [0.25, 0.3) is 0 Å². The first-order valence-corrected chi connectivity index (χ1v) is 12.2. The normalized spacial score (nSPS) is 19.5. The molecule has 0 saturated heterocycles. The van der Waals surface area contributed by atoms with E-state index in [1.165, 1.54) is 23.9 Å². The Morgan fingerprint density at radius 2 is 1.86 bits per heavy atom. The summed E-state index contributed by atoms with van der Waals surface area (Å²) in [5, 5.41) is 9.08. The van der Waals surface area contributed by atoms with Crippen molar-refractivity contribution in [3.8, 4) is 0 Å². The number of anilines is 1. The van der Waals surface area contributed by atoms with Gasteiger partial charge >= 0.3 is 0 Å². The Labute approximate surface area is 207 Å². The van der Waals surface area contributed by atoms with Crippen molar-refractivity contribution in [2.24, 2.45) is 10.1 Å². The molecule has 5 rings (SSSR count). The van der Waals surface area contributed by atoms with Crippen LogP contribution >= 0.6 is 11.8 Å². The Kier molecular flexibility index (Phi) is 6.46. The van der Waals surface area contributed by atoms with Gasteiger partial charge in [-0.25, -0.2) is 9.40 Å². The van der Waals surface area contributed by atoms with Crippen LogP contribution in [0.5, 0.6) is 0 Å². The summed E-state index contributed by atoms with van der Waals surface area (Å²) in [6.45, 7) is 2.02. The first kappa shape index (κ1) is 23.0. The summed E-state index contributed by atoms with van der Waals surface area (Å²) in [5.41, 5.74) is 4.36. The van der Waals surface area contributed by atoms with Crippen LogP contribution in [-0.2, 0) is 9.59 Å². The van der Waals surface area contributed by atoms with Crippen LogP contribution in [0.2, 0.25) is 0 Å². The first-order valence-electron chi connectivity index (χ1n) is 11.3. The molecule has 0 spiro atoms. The Morgan fingerprint density at radius 1 is 1.09 bits per heavy atom. The van der Waals surface area contributed by atoms with E-state index in [1.54, 1.807) is 23.2 Å². The number of carbonyl (C=O) groups excluding carboxylic acids is 2. The molecule has 0 unspecified atom stereocenters. The second-order valence-electron chi connectivity index (χ2n) is 8.49. The van der Waals surface area contributed by atoms with Gasteiger partial charge in [0.2, 0.25) is 5.91 Å². The van der Waals surface area contributed by atoms with Gasteiger partial charge in [-0.15, -0.1) is 0 Å². The quantitative estimate of drug-likeness (QED) is 0.530. The topological polar surface area (TPSA) is 74.1 Å². The van der Waals surface area contributed by atoms with Gasteiger partial charge in [-0.1, -0.05) is 71.9 Å². The molecule has 176 valence electrons. The van der Waals surface area contributed by atoms with Gasteiger partial charge in [-0.05, 0) is 42.3 Å². The molecule has 0 aromatic heterocycles. The monoisotopic (exact) mass is 486 g/mol. The Morgan fingerprint density at radius 3 is 2.60 bits per heavy atom. The molecule has 35 heavy (non-hydrogen) atoms. The number of halogens is 1. The van der Waals surface area contributed by atoms with E-state index in [1.807, 2.05) is 55.5 Å². The molecule has 2 aliphatic rings. The summed E-state index contributed by atoms with van der Waals surface area (Å²) in [7, 11) is 0. The summed E-state index contributed by atoms with van der Waals surface area (Å²) < 4.78 is 14.0. The number of nitrogens with zero attached hydrogens (tertiary/aromatic N) is 3. The molecule has 2 atom stereocenters. The average Bonchev–Trinajstić information content (AvgIpc) is 3.44. The zero-order valence-corrected chi connectivity index (χ0v) is 19.8. The van der Waals surface area contributed by atoms with Crippen molar-refractivity contribution in [2.45, 2.75) is 31.1 Å². The highest BCUT2D eigenvalue weighted by Gasteiger charge is 2.39. The lowest BCUT2D eigenvalue weighted by atomic mass is 9.98. The summed E-state index contributed by atoms with van der Waals surface area (Å²) >= 11 is 1.22. The maximum absolute atomic E-state index is 14.0. The fourth-order valence-corrected chi connectivity index (χ4v) is 5.15. The molecule has 0 aliphatic carbocycles. The van der Waals surface area contributed by atoms with Gasteiger partial charge in [0.05, 0.1) is 11.8 Å². The van der Waals surface area contributed by atoms with E-state index in [-0.39, 0.29) is 30.1 Å². The maximum Gasteiger partial charge on any atom is 0.262 e. The highest BCUT2D eigenvalue weighted by atomic mass is 32.2. The van der Waals surface area contributed by atoms with E-state index in [9.17, 15) is 14.0 Å². The molecule has 1 N–H and O–H groups in total. The number of amides is 2. The SMILES string of the molecule is Cc1ccc(C2=NN(C3=NC(=O)[C@@H](CC(=O)Nc4ccccc4)S3)[C@H](c3cccc(F)c3)C2)cc1. The van der Waals surface area contributed by atoms with Gasteiger partial charge in [0.15, 0.2) is 5.17 Å². The van der Waals surface area contributed by atoms with E-state index in [2.05, 4.69) is 10.3 Å². The van der Waals surface area contributed by atoms with Crippen molar-refractivity contribution in [2.75, 3.05) is 5.32 Å². The Balaban J connectivity index is 1.37. The summed E-state index contributed by atoms with van der Waals surface area (Å²) in [6.07, 6.45) is 0.540. The molecule has 3 aromatic carbocycles. The number of aliphatic imine (C=N–C) groups is 1. The molecule has 0 saturated carbocycles. The molecule has 2 aliphatic heterocycles. The van der Waals surface area contributed by atoms with Crippen LogP contribution in [0.1, 0.15) is 35.6 Å². The number of aryl methyl sites for hydroxylation is 1. The molecule has 6 nitrogen and oxygen atoms in total. The lowest BCUT2D eigenvalue weighted by Gasteiger charge is -2.23. The minimum absolute atomic E-state index is 0.00159. The Bertz CT molecular complexity index is 1320. The number of benzene rings is 3. The van der Waals surface area contributed by atoms with Crippen molar-refractivity contribution in [3.05, 3.63) is 101 Å². The third-order valence-corrected chi connectivity index (χ3v) is 7.02. The van der Waals surface area contributed by atoms with E-state index < -0.39 is 5.25 Å². The van der Waals surface area contributed by atoms with E-state index in [0.717, 1.165) is 22.4 Å². The Hall–Kier alpha value is -3.78. The molecule has 0 fully saturated rings. The number of rotatable bonds is 5. The average molecular weight is 487 g/mol. The summed E-state index contributed by atoms with van der Waals surface area (Å²) in [6, 6.07) is 23.2. The largest absolute Gasteiger partial charge is 0.326 e. The zero-order chi connectivity index (χ0) is 24.4. The third-order valence-electron chi connectivity index (χ3n) is 5.88. The van der Waals surface area contributed by atoms with Gasteiger partial charge in [0.1, 0.15) is 11.1 Å². The highest BCUT2D eigenvalue weighted by Crippen LogP contribution is 2.38. The van der Waals surface area contributed by atoms with Gasteiger partial charge in [0.25, 0.3) is 5.91 Å². The third kappa shape index (κ3) is 5.17. The number of nitrogens with one attached hydrogen (secondary N) is 1. The number of hydrogen-bond acceptors (Lipinski definition) is 5. The molecular weight excluding hydrogens is 463 g/mol. The fourth-order valence-electron chi connectivity index (χ4n) is 4.09. The predicted octanol–water partition coefficient (Wildman–Crippen LogP) is 5.31. The molecule has 0 radical (unpaired) electrons. The van der Waals surface area contributed by atoms with Gasteiger partial charge in [0, 0.05) is 18.5 Å². The van der Waals surface area contributed by atoms with E-state index >= 15 is 0 Å². The van der Waals surface area contributed by atoms with Crippen LogP contribution in [0.15, 0.2) is 89.0 Å². The number of hydrogen-bond donors (Lipinski definition) is 1. The van der Waals surface area contributed by atoms with Crippen LogP contribution < -0.4 is 5.32 Å². The molecule has 3 aromatic rings. The second kappa shape index (κ2) is 9.84. The number of hydrazone groups is 1. The maximum atomic E-state index is 14.0. The van der Waals surface area contributed by atoms with Crippen molar-refractivity contribution < 1.29 is 14.0 Å². The lowest BCUT2D eigenvalue weighted by molar-refractivity contribution is -0.121. The van der Waals surface area contributed by atoms with Crippen LogP contribution in [-0.4, -0.2) is 33.0 Å². The van der Waals surface area contributed by atoms with Crippen LogP contribution in [0, 0.1) is 12.7 Å². The number of amidine groups is 1. The molecule has 2 amide bonds. The summed E-state index contributed by atoms with van der Waals surface area (Å²) in [4.78, 5) is 29.4. The molecular formula is C27H23FN4O2S. The fraction of sp³-hybridized carbons (Fsp3) is 0.185. The molecule has 2 heterocycles. The minimum Gasteiger partial charge on any atom is -0.326 e. The van der Waals surface area contributed by atoms with Crippen molar-refractivity contribution in [1.29, 1.82) is 0 Å². The van der Waals surface area contributed by atoms with Gasteiger partial charge in [-0.3, -0.25) is 9.59 Å². The zero-order valence-electron chi connectivity index (χ0n) is 19.0. The standard InChI is InChI=1S/C27H23FN4O2S/c1-17-10-12-18(13-11-17)22-15-23(19-6-5-7-20(28)14-19)32(31-22)27-30-26(34)24(35-27)16-25(33)29-21-8-3-2-4-9-21/h2-14,23-24H,15-16H2,1H3,(H,29,33)/t23-,24+/m0/s1. The van der Waals surface area contributed by atoms with Crippen LogP contribution in [0.4, 0.5) is 10.1 Å². The lowest BCUT2D eigenvalue weighted by Crippen LogP contribution is -2.25. The predicted molar refractivity (Wildman–Crippen MR) is 137 cm³/mol. The highest BCUT2D eigenvalue weighted by molar-refractivity contribution is 8.15. The van der Waals surface area contributed by atoms with Gasteiger partial charge in [-0.2, -0.15) is 10.1 Å². The van der Waals surface area contributed by atoms with Gasteiger partial charge < -0.3 is 5.32 Å². The smallest absolute Gasteiger partial charge is 0.262 e. The summed E-state index contributed by atoms with van der Waals surface area (Å²) in [5.74, 6) is -0.963.